The summed E-state index contributed by atoms with van der Waals surface area (Å²) in [6, 6.07) is 17.4. The second-order valence-electron chi connectivity index (χ2n) is 33.7. The second kappa shape index (κ2) is 48.1. The lowest BCUT2D eigenvalue weighted by atomic mass is 9.93. The van der Waals surface area contributed by atoms with E-state index in [1.54, 1.807) is 22.7 Å². The Morgan fingerprint density at radius 3 is 0.981 bits per heavy atom. The van der Waals surface area contributed by atoms with E-state index in [-0.39, 0.29) is 34.8 Å². The molecule has 2 unspecified atom stereocenters. The number of pyridine rings is 2. The Hall–Kier alpha value is -4.80. The SMILES string of the molecule is CCCCCCCCCCCc1c2c(=O)n3c(C(C)C)ccc3c(CCCCCCCCCCC)c2c(=O)n2c(-c3ccc(C4=C5C(=O)N(CC(CCCCCCCC)CCCCCCCCCC)C(c6ccc(C(C)C)s6)=C5C(=O)N4CC(CCCCCCCC)CCCCCCCCCC)s3)ccc12. The average molecular weight is 1490 g/mol. The molecule has 2 atom stereocenters. The number of aryl methyl sites for hydroxylation is 2. The highest BCUT2D eigenvalue weighted by Crippen LogP contribution is 2.51. The first-order valence-corrected chi connectivity index (χ1v) is 46.8. The smallest absolute Gasteiger partial charge is 0.264 e. The van der Waals surface area contributed by atoms with E-state index in [0.717, 1.165) is 149 Å². The summed E-state index contributed by atoms with van der Waals surface area (Å²) in [5.74, 6) is 1.02. The number of hydrogen-bond donors (Lipinski definition) is 0. The molecule has 6 aromatic heterocycles. The quantitative estimate of drug-likeness (QED) is 0.0356. The van der Waals surface area contributed by atoms with Crippen LogP contribution in [0.3, 0.4) is 0 Å². The molecule has 2 aliphatic heterocycles. The van der Waals surface area contributed by atoms with Gasteiger partial charge in [-0.25, -0.2) is 0 Å². The largest absolute Gasteiger partial charge is 0.306 e. The number of amides is 2. The summed E-state index contributed by atoms with van der Waals surface area (Å²) < 4.78 is 3.98. The molecule has 0 bridgehead atoms. The summed E-state index contributed by atoms with van der Waals surface area (Å²) in [6.07, 6.45) is 62.7. The van der Waals surface area contributed by atoms with Crippen LogP contribution in [-0.4, -0.2) is 43.5 Å². The van der Waals surface area contributed by atoms with Gasteiger partial charge in [-0.15, -0.1) is 22.7 Å². The van der Waals surface area contributed by atoms with Crippen LogP contribution in [0.25, 0.3) is 43.8 Å². The molecule has 8 heterocycles. The maximum atomic E-state index is 16.6. The lowest BCUT2D eigenvalue weighted by molar-refractivity contribution is -0.124. The molecule has 0 aliphatic carbocycles. The topological polar surface area (TPSA) is 83.6 Å². The van der Waals surface area contributed by atoms with Gasteiger partial charge >= 0.3 is 0 Å². The van der Waals surface area contributed by atoms with Crippen LogP contribution in [-0.2, 0) is 22.4 Å². The van der Waals surface area contributed by atoms with E-state index in [2.05, 4.69) is 128 Å². The Balaban J connectivity index is 1.27. The fraction of sp³-hybridized carbons (Fsp3) is 0.708. The van der Waals surface area contributed by atoms with Crippen molar-refractivity contribution in [1.82, 2.24) is 18.6 Å². The highest BCUT2D eigenvalue weighted by atomic mass is 32.1. The molecule has 0 N–H and O–H groups in total. The highest BCUT2D eigenvalue weighted by Gasteiger charge is 2.50. The Bertz CT molecular complexity index is 3720. The van der Waals surface area contributed by atoms with Gasteiger partial charge in [-0.05, 0) is 135 Å². The first kappa shape index (κ1) is 86.8. The fourth-order valence-electron chi connectivity index (χ4n) is 17.8. The van der Waals surface area contributed by atoms with Crippen molar-refractivity contribution in [2.24, 2.45) is 11.8 Å². The van der Waals surface area contributed by atoms with Gasteiger partial charge in [0.05, 0.1) is 64.7 Å². The summed E-state index contributed by atoms with van der Waals surface area (Å²) in [6.45, 7) is 23.8. The number of rotatable bonds is 61. The summed E-state index contributed by atoms with van der Waals surface area (Å²) >= 11 is 3.41. The fourth-order valence-corrected chi connectivity index (χ4v) is 20.0. The van der Waals surface area contributed by atoms with Crippen LogP contribution in [0.5, 0.6) is 0 Å². The Morgan fingerprint density at radius 2 is 0.623 bits per heavy atom. The molecule has 0 spiro atoms. The molecule has 106 heavy (non-hydrogen) atoms. The van der Waals surface area contributed by atoms with Crippen LogP contribution in [0.15, 0.2) is 69.3 Å². The van der Waals surface area contributed by atoms with Crippen LogP contribution in [0, 0.1) is 11.8 Å². The minimum Gasteiger partial charge on any atom is -0.306 e. The number of nitrogens with zero attached hydrogens (tertiary/aromatic N) is 4. The molecule has 8 rings (SSSR count). The van der Waals surface area contributed by atoms with Crippen molar-refractivity contribution in [3.8, 4) is 10.6 Å². The standard InChI is InChI=1S/C96H150N4O4S2/c1-11-17-23-29-35-39-43-49-55-61-77-80-64-63-79(73(7)8)99(80)95(103)87-78(62-56-50-44-40-36-30-24-18-12-2)81-65-66-82(100(81)96(104)88(77)87)84-68-70-86(106-84)92-90-89(93(101)98(92)72-76(58-52-46-34-28-22-16-6)60-54-48-42-38-32-26-20-14-4)91(85-69-67-83(105-85)74(9)10)97(94(90)102)71-75(57-51-45-33-27-21-15-5)59-53-47-41-37-31-25-19-13-3/h63-70,73-76H,11-62,71-72H2,1-10H3. The molecular formula is C96H150N4O4S2. The normalized spacial score (nSPS) is 14.2. The van der Waals surface area contributed by atoms with Crippen LogP contribution >= 0.6 is 22.7 Å². The van der Waals surface area contributed by atoms with E-state index >= 15 is 19.2 Å². The van der Waals surface area contributed by atoms with Crippen LogP contribution in [0.2, 0.25) is 0 Å². The van der Waals surface area contributed by atoms with Gasteiger partial charge in [0.1, 0.15) is 0 Å². The number of thiophene rings is 2. The van der Waals surface area contributed by atoms with Crippen molar-refractivity contribution in [1.29, 1.82) is 0 Å². The molecular weight excluding hydrogens is 1340 g/mol. The number of carbonyl (C=O) groups excluding carboxylic acids is 2. The summed E-state index contributed by atoms with van der Waals surface area (Å²) in [7, 11) is 0. The van der Waals surface area contributed by atoms with E-state index in [1.165, 1.54) is 249 Å². The monoisotopic (exact) mass is 1490 g/mol. The van der Waals surface area contributed by atoms with Crippen molar-refractivity contribution in [3.05, 3.63) is 112 Å². The number of fused-ring (bicyclic) bond motifs is 4. The highest BCUT2D eigenvalue weighted by molar-refractivity contribution is 7.16. The van der Waals surface area contributed by atoms with E-state index in [4.69, 9.17) is 0 Å². The maximum Gasteiger partial charge on any atom is 0.264 e. The third-order valence-corrected chi connectivity index (χ3v) is 26.7. The third kappa shape index (κ3) is 24.6. The van der Waals surface area contributed by atoms with Crippen LogP contribution < -0.4 is 11.1 Å². The van der Waals surface area contributed by atoms with Crippen molar-refractivity contribution in [2.75, 3.05) is 13.1 Å². The number of carbonyl (C=O) groups is 2. The number of hydrogen-bond acceptors (Lipinski definition) is 6. The molecule has 10 heteroatoms. The zero-order valence-corrected chi connectivity index (χ0v) is 71.0. The molecule has 0 saturated carbocycles. The van der Waals surface area contributed by atoms with E-state index in [0.29, 0.717) is 46.8 Å². The first-order chi connectivity index (χ1) is 51.8. The Kier molecular flexibility index (Phi) is 39.4. The Labute approximate surface area is 654 Å². The predicted molar refractivity (Wildman–Crippen MR) is 462 cm³/mol. The van der Waals surface area contributed by atoms with Crippen molar-refractivity contribution < 1.29 is 9.59 Å². The summed E-state index contributed by atoms with van der Waals surface area (Å²) in [4.78, 5) is 73.6. The van der Waals surface area contributed by atoms with Gasteiger partial charge in [0.15, 0.2) is 0 Å². The van der Waals surface area contributed by atoms with E-state index in [1.807, 2.05) is 8.80 Å². The van der Waals surface area contributed by atoms with E-state index in [9.17, 15) is 0 Å². The van der Waals surface area contributed by atoms with Crippen molar-refractivity contribution in [2.45, 2.75) is 415 Å². The average Bonchev–Trinajstić information content (AvgIpc) is 1.48. The minimum absolute atomic E-state index is 0.0162. The molecule has 2 amide bonds. The molecule has 6 aromatic rings. The van der Waals surface area contributed by atoms with Gasteiger partial charge in [0.25, 0.3) is 22.9 Å². The molecule has 0 fully saturated rings. The second-order valence-corrected chi connectivity index (χ2v) is 35.9. The lowest BCUT2D eigenvalue weighted by Crippen LogP contribution is -2.34. The summed E-state index contributed by atoms with van der Waals surface area (Å²) in [5.41, 5.74) is 8.21. The van der Waals surface area contributed by atoms with Gasteiger partial charge in [-0.3, -0.25) is 28.0 Å². The predicted octanol–water partition coefficient (Wildman–Crippen LogP) is 29.3. The minimum atomic E-state index is -0.109. The number of unbranched alkanes of at least 4 members (excludes halogenated alkanes) is 40. The van der Waals surface area contributed by atoms with Gasteiger partial charge < -0.3 is 9.80 Å². The van der Waals surface area contributed by atoms with Crippen LogP contribution in [0.1, 0.15) is 434 Å². The zero-order valence-electron chi connectivity index (χ0n) is 69.4. The zero-order chi connectivity index (χ0) is 75.4. The van der Waals surface area contributed by atoms with Crippen molar-refractivity contribution >= 4 is 67.7 Å². The molecule has 0 radical (unpaired) electrons. The lowest BCUT2D eigenvalue weighted by Gasteiger charge is -2.29. The van der Waals surface area contributed by atoms with E-state index < -0.39 is 0 Å². The maximum absolute atomic E-state index is 16.6. The number of aromatic nitrogens is 2. The van der Waals surface area contributed by atoms with Gasteiger partial charge in [-0.2, -0.15) is 0 Å². The molecule has 0 aromatic carbocycles. The van der Waals surface area contributed by atoms with Crippen LogP contribution in [0.4, 0.5) is 0 Å². The molecule has 2 aliphatic rings. The van der Waals surface area contributed by atoms with Gasteiger partial charge in [-0.1, -0.05) is 352 Å². The van der Waals surface area contributed by atoms with Gasteiger partial charge in [0, 0.05) is 23.7 Å². The van der Waals surface area contributed by atoms with Crippen molar-refractivity contribution in [3.63, 3.8) is 0 Å². The van der Waals surface area contributed by atoms with Gasteiger partial charge in [0.2, 0.25) is 0 Å². The summed E-state index contributed by atoms with van der Waals surface area (Å²) in [5, 5.41) is 1.23. The molecule has 8 nitrogen and oxygen atoms in total. The third-order valence-electron chi connectivity index (χ3n) is 24.2. The first-order valence-electron chi connectivity index (χ1n) is 45.2. The molecule has 590 valence electrons. The molecule has 0 saturated heterocycles. The Morgan fingerprint density at radius 1 is 0.311 bits per heavy atom.